The summed E-state index contributed by atoms with van der Waals surface area (Å²) < 4.78 is 11.3. The van der Waals surface area contributed by atoms with Gasteiger partial charge in [-0.3, -0.25) is 9.69 Å². The molecule has 28 heavy (non-hydrogen) atoms. The van der Waals surface area contributed by atoms with Crippen LogP contribution in [-0.2, 0) is 11.3 Å². The Balaban J connectivity index is 1.52. The molecule has 0 radical (unpaired) electrons. The number of piperidine rings is 1. The second kappa shape index (κ2) is 8.06. The number of carbonyl (C=O) groups excluding carboxylic acids is 1. The molecule has 0 amide bonds. The molecule has 4 heteroatoms. The first kappa shape index (κ1) is 19.2. The molecule has 2 heterocycles. The van der Waals surface area contributed by atoms with E-state index in [1.165, 1.54) is 5.56 Å². The van der Waals surface area contributed by atoms with Crippen molar-refractivity contribution in [3.63, 3.8) is 0 Å². The Bertz CT molecular complexity index is 811. The van der Waals surface area contributed by atoms with E-state index in [9.17, 15) is 4.79 Å². The highest BCUT2D eigenvalue weighted by Gasteiger charge is 2.41. The Morgan fingerprint density at radius 3 is 2.25 bits per heavy atom. The molecule has 0 aromatic heterocycles. The lowest BCUT2D eigenvalue weighted by Gasteiger charge is -2.48. The number of morpholine rings is 1. The van der Waals surface area contributed by atoms with Gasteiger partial charge in [-0.2, -0.15) is 0 Å². The third-order valence-corrected chi connectivity index (χ3v) is 6.20. The van der Waals surface area contributed by atoms with Gasteiger partial charge in [-0.05, 0) is 55.5 Å². The molecule has 2 aromatic carbocycles. The van der Waals surface area contributed by atoms with Crippen LogP contribution < -0.4 is 4.74 Å². The van der Waals surface area contributed by atoms with Crippen LogP contribution in [0.2, 0.25) is 0 Å². The number of fused-ring (bicyclic) bond motifs is 2. The van der Waals surface area contributed by atoms with E-state index in [0.717, 1.165) is 41.8 Å². The summed E-state index contributed by atoms with van der Waals surface area (Å²) in [5.41, 5.74) is 4.19. The summed E-state index contributed by atoms with van der Waals surface area (Å²) in [5, 5.41) is 0. The lowest BCUT2D eigenvalue weighted by Crippen LogP contribution is -2.57. The van der Waals surface area contributed by atoms with Gasteiger partial charge in [0.25, 0.3) is 0 Å². The van der Waals surface area contributed by atoms with Gasteiger partial charge >= 0.3 is 0 Å². The van der Waals surface area contributed by atoms with E-state index in [4.69, 9.17) is 9.47 Å². The van der Waals surface area contributed by atoms with E-state index >= 15 is 0 Å². The molecular weight excluding hydrogens is 350 g/mol. The molecule has 2 aliphatic rings. The van der Waals surface area contributed by atoms with Crippen molar-refractivity contribution in [3.05, 3.63) is 64.7 Å². The fraction of sp³-hybridized carbons (Fsp3) is 0.458. The molecule has 2 saturated heterocycles. The van der Waals surface area contributed by atoms with Crippen molar-refractivity contribution in [1.82, 2.24) is 4.90 Å². The Labute approximate surface area is 167 Å². The van der Waals surface area contributed by atoms with Gasteiger partial charge in [0.1, 0.15) is 5.75 Å². The van der Waals surface area contributed by atoms with E-state index in [-0.39, 0.29) is 11.7 Å². The van der Waals surface area contributed by atoms with Crippen molar-refractivity contribution in [2.24, 2.45) is 5.92 Å². The zero-order chi connectivity index (χ0) is 19.7. The normalized spacial score (nSPS) is 24.8. The van der Waals surface area contributed by atoms with Crippen LogP contribution in [0.25, 0.3) is 0 Å². The fourth-order valence-corrected chi connectivity index (χ4v) is 4.91. The number of Topliss-reactive ketones (excluding diaryl/α,β-unsaturated/α-hetero) is 1. The van der Waals surface area contributed by atoms with Crippen LogP contribution in [0.15, 0.2) is 42.5 Å². The molecule has 2 atom stereocenters. The summed E-state index contributed by atoms with van der Waals surface area (Å²) >= 11 is 0. The highest BCUT2D eigenvalue weighted by atomic mass is 16.5. The summed E-state index contributed by atoms with van der Waals surface area (Å²) in [5.74, 6) is 1.21. The minimum Gasteiger partial charge on any atom is -0.496 e. The first-order valence-electron chi connectivity index (χ1n) is 10.1. The topological polar surface area (TPSA) is 38.8 Å². The van der Waals surface area contributed by atoms with Gasteiger partial charge in [0.2, 0.25) is 0 Å². The number of rotatable bonds is 5. The zero-order valence-electron chi connectivity index (χ0n) is 17.0. The molecule has 2 unspecified atom stereocenters. The van der Waals surface area contributed by atoms with Crippen molar-refractivity contribution in [2.45, 2.75) is 45.3 Å². The minimum absolute atomic E-state index is 0.0677. The van der Waals surface area contributed by atoms with Crippen molar-refractivity contribution in [3.8, 4) is 5.75 Å². The molecule has 0 spiro atoms. The molecule has 2 fully saturated rings. The average Bonchev–Trinajstić information content (AvgIpc) is 2.68. The maximum Gasteiger partial charge on any atom is 0.166 e. The lowest BCUT2D eigenvalue weighted by molar-refractivity contribution is -0.0872. The number of hydrogen-bond donors (Lipinski definition) is 0. The lowest BCUT2D eigenvalue weighted by atomic mass is 9.80. The zero-order valence-corrected chi connectivity index (χ0v) is 17.0. The van der Waals surface area contributed by atoms with Gasteiger partial charge < -0.3 is 9.47 Å². The summed E-state index contributed by atoms with van der Waals surface area (Å²) in [6, 6.07) is 15.2. The molecule has 2 bridgehead atoms. The number of hydrogen-bond acceptors (Lipinski definition) is 4. The largest absolute Gasteiger partial charge is 0.496 e. The molecule has 2 aromatic rings. The fourth-order valence-electron chi connectivity index (χ4n) is 4.91. The quantitative estimate of drug-likeness (QED) is 0.731. The van der Waals surface area contributed by atoms with Gasteiger partial charge in [-0.25, -0.2) is 0 Å². The third-order valence-electron chi connectivity index (χ3n) is 6.20. The molecule has 0 aliphatic carbocycles. The molecule has 4 rings (SSSR count). The molecular formula is C24H29NO3. The molecule has 148 valence electrons. The molecule has 0 saturated carbocycles. The molecule has 4 nitrogen and oxygen atoms in total. The van der Waals surface area contributed by atoms with Crippen molar-refractivity contribution in [1.29, 1.82) is 0 Å². The Morgan fingerprint density at radius 2 is 1.68 bits per heavy atom. The predicted molar refractivity (Wildman–Crippen MR) is 110 cm³/mol. The van der Waals surface area contributed by atoms with E-state index in [0.29, 0.717) is 25.3 Å². The second-order valence-electron chi connectivity index (χ2n) is 8.18. The van der Waals surface area contributed by atoms with Gasteiger partial charge in [-0.15, -0.1) is 0 Å². The summed E-state index contributed by atoms with van der Waals surface area (Å²) in [6.07, 6.45) is 1.73. The summed E-state index contributed by atoms with van der Waals surface area (Å²) in [7, 11) is 1.68. The highest BCUT2D eigenvalue weighted by Crippen LogP contribution is 2.35. The number of nitrogens with zero attached hydrogens (tertiary/aromatic N) is 1. The smallest absolute Gasteiger partial charge is 0.166 e. The van der Waals surface area contributed by atoms with Crippen LogP contribution in [0.3, 0.4) is 0 Å². The Morgan fingerprint density at radius 1 is 1.07 bits per heavy atom. The highest BCUT2D eigenvalue weighted by molar-refractivity contribution is 5.98. The SMILES string of the molecule is COc1c(C)cc(C(=O)C2CC3COCC(C2)N3Cc2ccccc2)cc1C. The van der Waals surface area contributed by atoms with E-state index in [1.54, 1.807) is 7.11 Å². The van der Waals surface area contributed by atoms with Crippen LogP contribution in [0.1, 0.15) is 39.9 Å². The van der Waals surface area contributed by atoms with E-state index in [1.807, 2.05) is 26.0 Å². The van der Waals surface area contributed by atoms with Crippen molar-refractivity contribution in [2.75, 3.05) is 20.3 Å². The number of benzene rings is 2. The average molecular weight is 380 g/mol. The maximum atomic E-state index is 13.3. The van der Waals surface area contributed by atoms with Gasteiger partial charge in [0, 0.05) is 30.1 Å². The second-order valence-corrected chi connectivity index (χ2v) is 8.18. The minimum atomic E-state index is 0.0677. The van der Waals surface area contributed by atoms with Gasteiger partial charge in [-0.1, -0.05) is 30.3 Å². The number of methoxy groups -OCH3 is 1. The predicted octanol–water partition coefficient (Wildman–Crippen LogP) is 4.17. The van der Waals surface area contributed by atoms with Crippen molar-refractivity contribution >= 4 is 5.78 Å². The maximum absolute atomic E-state index is 13.3. The van der Waals surface area contributed by atoms with Crippen LogP contribution in [0, 0.1) is 19.8 Å². The van der Waals surface area contributed by atoms with Crippen LogP contribution in [0.4, 0.5) is 0 Å². The molecule has 2 aliphatic heterocycles. The van der Waals surface area contributed by atoms with Crippen LogP contribution >= 0.6 is 0 Å². The first-order valence-corrected chi connectivity index (χ1v) is 10.1. The third kappa shape index (κ3) is 3.71. The van der Waals surface area contributed by atoms with Gasteiger partial charge in [0.05, 0.1) is 20.3 Å². The monoisotopic (exact) mass is 379 g/mol. The number of carbonyl (C=O) groups is 1. The van der Waals surface area contributed by atoms with Gasteiger partial charge in [0.15, 0.2) is 5.78 Å². The Hall–Kier alpha value is -2.17. The summed E-state index contributed by atoms with van der Waals surface area (Å²) in [4.78, 5) is 15.8. The number of aryl methyl sites for hydroxylation is 2. The van der Waals surface area contributed by atoms with Crippen LogP contribution in [-0.4, -0.2) is 43.1 Å². The summed E-state index contributed by atoms with van der Waals surface area (Å²) in [6.45, 7) is 6.38. The van der Waals surface area contributed by atoms with E-state index in [2.05, 4.69) is 35.2 Å². The van der Waals surface area contributed by atoms with Crippen LogP contribution in [0.5, 0.6) is 5.75 Å². The number of ketones is 1. The standard InChI is InChI=1S/C24H29NO3/c1-16-9-19(10-17(2)24(16)27-3)23(26)20-11-21-14-28-15-22(12-20)25(21)13-18-7-5-4-6-8-18/h4-10,20-22H,11-15H2,1-3H3. The van der Waals surface area contributed by atoms with E-state index < -0.39 is 0 Å². The molecule has 0 N–H and O–H groups in total. The first-order chi connectivity index (χ1) is 13.6. The number of ether oxygens (including phenoxy) is 2. The Kier molecular flexibility index (Phi) is 5.51. The van der Waals surface area contributed by atoms with Crippen molar-refractivity contribution < 1.29 is 14.3 Å².